The van der Waals surface area contributed by atoms with Gasteiger partial charge in [0.15, 0.2) is 5.76 Å². The van der Waals surface area contributed by atoms with Crippen LogP contribution in [0.4, 0.5) is 0 Å². The maximum atomic E-state index is 10.4. The first-order valence-electron chi connectivity index (χ1n) is 8.58. The molecule has 0 bridgehead atoms. The van der Waals surface area contributed by atoms with Crippen LogP contribution in [-0.4, -0.2) is 41.0 Å². The van der Waals surface area contributed by atoms with E-state index in [1.165, 1.54) is 0 Å². The summed E-state index contributed by atoms with van der Waals surface area (Å²) < 4.78 is 11.2. The van der Waals surface area contributed by atoms with Gasteiger partial charge in [0, 0.05) is 12.6 Å². The van der Waals surface area contributed by atoms with E-state index in [9.17, 15) is 5.11 Å². The van der Waals surface area contributed by atoms with Crippen LogP contribution in [0, 0.1) is 20.8 Å². The number of rotatable bonds is 6. The van der Waals surface area contributed by atoms with E-state index in [2.05, 4.69) is 16.1 Å². The molecule has 1 aromatic heterocycles. The molecule has 1 saturated heterocycles. The lowest BCUT2D eigenvalue weighted by Gasteiger charge is -2.25. The van der Waals surface area contributed by atoms with E-state index in [1.807, 2.05) is 39.0 Å². The molecule has 130 valence electrons. The Bertz CT molecular complexity index is 683. The van der Waals surface area contributed by atoms with Crippen LogP contribution < -0.4 is 4.74 Å². The molecule has 0 radical (unpaired) electrons. The summed E-state index contributed by atoms with van der Waals surface area (Å²) in [5.41, 5.74) is 3.14. The van der Waals surface area contributed by atoms with Crippen molar-refractivity contribution in [3.8, 4) is 5.75 Å². The second-order valence-electron chi connectivity index (χ2n) is 6.76. The van der Waals surface area contributed by atoms with Crippen molar-refractivity contribution in [2.24, 2.45) is 0 Å². The van der Waals surface area contributed by atoms with Crippen molar-refractivity contribution >= 4 is 0 Å². The van der Waals surface area contributed by atoms with Crippen LogP contribution in [0.15, 0.2) is 28.8 Å². The lowest BCUT2D eigenvalue weighted by Crippen LogP contribution is -2.35. The average Bonchev–Trinajstić information content (AvgIpc) is 3.17. The van der Waals surface area contributed by atoms with Crippen molar-refractivity contribution in [3.05, 3.63) is 46.8 Å². The minimum absolute atomic E-state index is 0.210. The number of aryl methyl sites for hydroxylation is 3. The normalized spacial score (nSPS) is 19.6. The summed E-state index contributed by atoms with van der Waals surface area (Å²) in [5.74, 6) is 1.74. The molecule has 5 heteroatoms. The van der Waals surface area contributed by atoms with Gasteiger partial charge < -0.3 is 14.4 Å². The Morgan fingerprint density at radius 2 is 2.17 bits per heavy atom. The molecular formula is C19H26N2O3. The molecule has 0 unspecified atom stereocenters. The van der Waals surface area contributed by atoms with Crippen molar-refractivity contribution in [2.45, 2.75) is 45.8 Å². The summed E-state index contributed by atoms with van der Waals surface area (Å²) in [6, 6.07) is 8.31. The lowest BCUT2D eigenvalue weighted by molar-refractivity contribution is 0.0595. The molecule has 1 N–H and O–H groups in total. The van der Waals surface area contributed by atoms with Crippen LogP contribution in [0.3, 0.4) is 0 Å². The predicted octanol–water partition coefficient (Wildman–Crippen LogP) is 3.18. The topological polar surface area (TPSA) is 58.7 Å². The Hall–Kier alpha value is -1.85. The Labute approximate surface area is 143 Å². The minimum Gasteiger partial charge on any atom is -0.491 e. The first kappa shape index (κ1) is 17.0. The Morgan fingerprint density at radius 3 is 2.92 bits per heavy atom. The number of likely N-dealkylation sites (tertiary alicyclic amines) is 1. The Kier molecular flexibility index (Phi) is 5.21. The molecular weight excluding hydrogens is 304 g/mol. The number of ether oxygens (including phenoxy) is 1. The zero-order valence-electron chi connectivity index (χ0n) is 14.7. The van der Waals surface area contributed by atoms with Crippen molar-refractivity contribution in [2.75, 3.05) is 19.7 Å². The van der Waals surface area contributed by atoms with Crippen LogP contribution in [-0.2, 0) is 0 Å². The van der Waals surface area contributed by atoms with Gasteiger partial charge >= 0.3 is 0 Å². The number of aromatic nitrogens is 1. The van der Waals surface area contributed by atoms with Gasteiger partial charge in [-0.1, -0.05) is 17.3 Å². The molecule has 1 fully saturated rings. The van der Waals surface area contributed by atoms with Crippen LogP contribution in [0.5, 0.6) is 5.75 Å². The molecule has 2 heterocycles. The smallest absolute Gasteiger partial charge is 0.154 e. The van der Waals surface area contributed by atoms with E-state index in [4.69, 9.17) is 9.26 Å². The number of aliphatic hydroxyl groups is 1. The maximum absolute atomic E-state index is 10.4. The molecule has 5 nitrogen and oxygen atoms in total. The zero-order valence-corrected chi connectivity index (χ0v) is 14.7. The number of β-amino-alcohol motifs (C(OH)–C–C–N with tert-alkyl or cyclic N) is 1. The largest absolute Gasteiger partial charge is 0.491 e. The van der Waals surface area contributed by atoms with Crippen molar-refractivity contribution in [1.82, 2.24) is 10.1 Å². The van der Waals surface area contributed by atoms with E-state index in [-0.39, 0.29) is 6.04 Å². The highest BCUT2D eigenvalue weighted by Crippen LogP contribution is 2.32. The number of aliphatic hydroxyl groups excluding tert-OH is 1. The maximum Gasteiger partial charge on any atom is 0.154 e. The van der Waals surface area contributed by atoms with Gasteiger partial charge in [0.2, 0.25) is 0 Å². The van der Waals surface area contributed by atoms with Crippen molar-refractivity contribution in [1.29, 1.82) is 0 Å². The first-order valence-corrected chi connectivity index (χ1v) is 8.58. The third kappa shape index (κ3) is 3.97. The summed E-state index contributed by atoms with van der Waals surface area (Å²) in [4.78, 5) is 2.26. The molecule has 24 heavy (non-hydrogen) atoms. The van der Waals surface area contributed by atoms with E-state index < -0.39 is 6.10 Å². The number of hydrogen-bond donors (Lipinski definition) is 1. The second kappa shape index (κ2) is 7.36. The number of hydrogen-bond acceptors (Lipinski definition) is 5. The molecule has 0 amide bonds. The molecule has 0 aliphatic carbocycles. The van der Waals surface area contributed by atoms with Crippen LogP contribution in [0.2, 0.25) is 0 Å². The van der Waals surface area contributed by atoms with Gasteiger partial charge in [-0.05, 0) is 57.4 Å². The standard InChI is InChI=1S/C19H26N2O3/c1-13-6-7-14(2)18(9-13)23-12-16(22)11-21-8-4-5-17(21)19-10-15(3)20-24-19/h6-7,9-10,16-17,22H,4-5,8,11-12H2,1-3H3/t16-,17+/m1/s1. The molecule has 2 atom stereocenters. The van der Waals surface area contributed by atoms with Gasteiger partial charge in [-0.25, -0.2) is 0 Å². The molecule has 1 aliphatic rings. The first-order chi connectivity index (χ1) is 11.5. The Morgan fingerprint density at radius 1 is 1.33 bits per heavy atom. The van der Waals surface area contributed by atoms with Crippen LogP contribution in [0.25, 0.3) is 0 Å². The second-order valence-corrected chi connectivity index (χ2v) is 6.76. The fourth-order valence-electron chi connectivity index (χ4n) is 3.28. The van der Waals surface area contributed by atoms with Gasteiger partial charge in [-0.15, -0.1) is 0 Å². The number of benzene rings is 1. The van der Waals surface area contributed by atoms with E-state index in [0.717, 1.165) is 47.7 Å². The van der Waals surface area contributed by atoms with Gasteiger partial charge in [-0.3, -0.25) is 4.90 Å². The Balaban J connectivity index is 1.56. The summed E-state index contributed by atoms with van der Waals surface area (Å²) in [6.45, 7) is 7.82. The lowest BCUT2D eigenvalue weighted by atomic mass is 10.1. The van der Waals surface area contributed by atoms with Gasteiger partial charge in [0.1, 0.15) is 18.5 Å². The molecule has 3 rings (SSSR count). The highest BCUT2D eigenvalue weighted by atomic mass is 16.5. The predicted molar refractivity (Wildman–Crippen MR) is 92.2 cm³/mol. The quantitative estimate of drug-likeness (QED) is 0.881. The molecule has 0 spiro atoms. The molecule has 1 aromatic carbocycles. The van der Waals surface area contributed by atoms with Crippen molar-refractivity contribution in [3.63, 3.8) is 0 Å². The fraction of sp³-hybridized carbons (Fsp3) is 0.526. The SMILES string of the molecule is Cc1ccc(C)c(OC[C@H](O)CN2CCC[C@H]2c2cc(C)no2)c1. The average molecular weight is 330 g/mol. The molecule has 0 saturated carbocycles. The highest BCUT2D eigenvalue weighted by molar-refractivity contribution is 5.35. The third-order valence-corrected chi connectivity index (χ3v) is 4.56. The third-order valence-electron chi connectivity index (χ3n) is 4.56. The van der Waals surface area contributed by atoms with Crippen LogP contribution >= 0.6 is 0 Å². The van der Waals surface area contributed by atoms with Gasteiger partial charge in [0.05, 0.1) is 11.7 Å². The summed E-state index contributed by atoms with van der Waals surface area (Å²) in [6.07, 6.45) is 1.61. The van der Waals surface area contributed by atoms with Gasteiger partial charge in [-0.2, -0.15) is 0 Å². The fourth-order valence-corrected chi connectivity index (χ4v) is 3.28. The highest BCUT2D eigenvalue weighted by Gasteiger charge is 2.30. The summed E-state index contributed by atoms with van der Waals surface area (Å²) in [5, 5.41) is 14.4. The molecule has 2 aromatic rings. The number of nitrogens with zero attached hydrogens (tertiary/aromatic N) is 2. The van der Waals surface area contributed by atoms with E-state index >= 15 is 0 Å². The minimum atomic E-state index is -0.533. The van der Waals surface area contributed by atoms with E-state index in [0.29, 0.717) is 13.2 Å². The summed E-state index contributed by atoms with van der Waals surface area (Å²) >= 11 is 0. The monoisotopic (exact) mass is 330 g/mol. The molecule has 1 aliphatic heterocycles. The van der Waals surface area contributed by atoms with E-state index in [1.54, 1.807) is 0 Å². The zero-order chi connectivity index (χ0) is 17.1. The summed E-state index contributed by atoms with van der Waals surface area (Å²) in [7, 11) is 0. The van der Waals surface area contributed by atoms with Gasteiger partial charge in [0.25, 0.3) is 0 Å². The van der Waals surface area contributed by atoms with Crippen LogP contribution in [0.1, 0.15) is 41.5 Å². The van der Waals surface area contributed by atoms with Crippen molar-refractivity contribution < 1.29 is 14.4 Å².